The summed E-state index contributed by atoms with van der Waals surface area (Å²) in [5.41, 5.74) is 1.55. The van der Waals surface area contributed by atoms with Crippen LogP contribution in [0.25, 0.3) is 10.9 Å². The highest BCUT2D eigenvalue weighted by molar-refractivity contribution is 5.90. The Morgan fingerprint density at radius 2 is 1.69 bits per heavy atom. The Labute approximate surface area is 157 Å². The Hall–Kier alpha value is -2.77. The zero-order valence-electron chi connectivity index (χ0n) is 14.5. The van der Waals surface area contributed by atoms with E-state index in [0.717, 1.165) is 16.6 Å². The normalized spacial score (nSPS) is 10.1. The van der Waals surface area contributed by atoms with Crippen LogP contribution in [-0.2, 0) is 0 Å². The molecule has 7 nitrogen and oxygen atoms in total. The van der Waals surface area contributed by atoms with Gasteiger partial charge in [-0.3, -0.25) is 0 Å². The van der Waals surface area contributed by atoms with Crippen LogP contribution in [0.15, 0.2) is 42.5 Å². The van der Waals surface area contributed by atoms with Crippen molar-refractivity contribution < 1.29 is 14.6 Å². The van der Waals surface area contributed by atoms with Gasteiger partial charge in [-0.1, -0.05) is 12.1 Å². The van der Waals surface area contributed by atoms with Crippen molar-refractivity contribution in [2.24, 2.45) is 0 Å². The first-order valence-electron chi connectivity index (χ1n) is 7.85. The summed E-state index contributed by atoms with van der Waals surface area (Å²) in [6.07, 6.45) is 0. The fourth-order valence-corrected chi connectivity index (χ4v) is 2.45. The lowest BCUT2D eigenvalue weighted by atomic mass is 10.2. The minimum atomic E-state index is 0. The van der Waals surface area contributed by atoms with E-state index in [1.165, 1.54) is 0 Å². The van der Waals surface area contributed by atoms with Gasteiger partial charge < -0.3 is 25.2 Å². The Bertz CT molecular complexity index is 854. The third-order valence-electron chi connectivity index (χ3n) is 3.62. The number of rotatable bonds is 7. The molecule has 3 N–H and O–H groups in total. The van der Waals surface area contributed by atoms with Gasteiger partial charge in [-0.15, -0.1) is 12.4 Å². The second kappa shape index (κ2) is 9.07. The maximum Gasteiger partial charge on any atom is 0.229 e. The number of anilines is 3. The summed E-state index contributed by atoms with van der Waals surface area (Å²) in [6.45, 7) is 0.432. The van der Waals surface area contributed by atoms with Crippen molar-refractivity contribution in [1.29, 1.82) is 0 Å². The maximum absolute atomic E-state index is 9.07. The van der Waals surface area contributed by atoms with Crippen LogP contribution in [0.3, 0.4) is 0 Å². The molecule has 0 fully saturated rings. The molecule has 3 rings (SSSR count). The number of aliphatic hydroxyl groups is 1. The fourth-order valence-electron chi connectivity index (χ4n) is 2.45. The standard InChI is InChI=1S/C18H20N4O3.ClH/c1-24-13-9-12(10-14(11-13)25-2)20-18-21-16-6-4-3-5-15(16)17(22-18)19-7-8-23;/h3-6,9-11,23H,7-8H2,1-2H3,(H2,19,20,21,22);1H. The number of ether oxygens (including phenoxy) is 2. The van der Waals surface area contributed by atoms with E-state index in [1.54, 1.807) is 20.3 Å². The molecule has 3 aromatic rings. The monoisotopic (exact) mass is 376 g/mol. The van der Waals surface area contributed by atoms with Crippen LogP contribution in [0.5, 0.6) is 11.5 Å². The lowest BCUT2D eigenvalue weighted by Gasteiger charge is -2.12. The number of hydrogen-bond acceptors (Lipinski definition) is 7. The number of benzene rings is 2. The summed E-state index contributed by atoms with van der Waals surface area (Å²) < 4.78 is 10.6. The second-order valence-electron chi connectivity index (χ2n) is 5.29. The summed E-state index contributed by atoms with van der Waals surface area (Å²) in [4.78, 5) is 9.06. The van der Waals surface area contributed by atoms with Gasteiger partial charge in [0.25, 0.3) is 0 Å². The third-order valence-corrected chi connectivity index (χ3v) is 3.62. The topological polar surface area (TPSA) is 88.5 Å². The molecule has 0 spiro atoms. The number of nitrogens with one attached hydrogen (secondary N) is 2. The number of aromatic nitrogens is 2. The molecule has 1 aromatic heterocycles. The van der Waals surface area contributed by atoms with Gasteiger partial charge in [0.2, 0.25) is 5.95 Å². The molecule has 0 saturated carbocycles. The molecule has 0 aliphatic carbocycles. The minimum Gasteiger partial charge on any atom is -0.497 e. The Morgan fingerprint density at radius 1 is 1.00 bits per heavy atom. The number of nitrogens with zero attached hydrogens (tertiary/aromatic N) is 2. The first-order valence-corrected chi connectivity index (χ1v) is 7.85. The van der Waals surface area contributed by atoms with Gasteiger partial charge in [-0.25, -0.2) is 4.98 Å². The van der Waals surface area contributed by atoms with E-state index < -0.39 is 0 Å². The molecule has 138 valence electrons. The van der Waals surface area contributed by atoms with Crippen LogP contribution in [0.4, 0.5) is 17.5 Å². The SMILES string of the molecule is COc1cc(Nc2nc(NCCO)c3ccccc3n2)cc(OC)c1.Cl. The predicted molar refractivity (Wildman–Crippen MR) is 105 cm³/mol. The molecule has 0 radical (unpaired) electrons. The molecule has 0 unspecified atom stereocenters. The van der Waals surface area contributed by atoms with Gasteiger partial charge in [0.15, 0.2) is 0 Å². The Morgan fingerprint density at radius 3 is 2.35 bits per heavy atom. The van der Waals surface area contributed by atoms with Crippen LogP contribution >= 0.6 is 12.4 Å². The zero-order valence-corrected chi connectivity index (χ0v) is 15.3. The number of fused-ring (bicyclic) bond motifs is 1. The summed E-state index contributed by atoms with van der Waals surface area (Å²) in [6, 6.07) is 13.2. The first-order chi connectivity index (χ1) is 12.2. The van der Waals surface area contributed by atoms with Crippen molar-refractivity contribution in [1.82, 2.24) is 9.97 Å². The molecule has 0 aliphatic heterocycles. The Balaban J connectivity index is 0.00000243. The van der Waals surface area contributed by atoms with Crippen molar-refractivity contribution in [3.8, 4) is 11.5 Å². The van der Waals surface area contributed by atoms with Gasteiger partial charge in [-0.2, -0.15) is 4.98 Å². The van der Waals surface area contributed by atoms with Crippen LogP contribution < -0.4 is 20.1 Å². The zero-order chi connectivity index (χ0) is 17.6. The highest BCUT2D eigenvalue weighted by Gasteiger charge is 2.09. The van der Waals surface area contributed by atoms with E-state index >= 15 is 0 Å². The lowest BCUT2D eigenvalue weighted by Crippen LogP contribution is -2.09. The van der Waals surface area contributed by atoms with Crippen molar-refractivity contribution in [3.05, 3.63) is 42.5 Å². The van der Waals surface area contributed by atoms with Gasteiger partial charge in [0, 0.05) is 35.8 Å². The van der Waals surface area contributed by atoms with E-state index in [4.69, 9.17) is 14.6 Å². The van der Waals surface area contributed by atoms with E-state index in [0.29, 0.717) is 29.8 Å². The number of halogens is 1. The molecule has 8 heteroatoms. The largest absolute Gasteiger partial charge is 0.497 e. The molecule has 0 atom stereocenters. The number of hydrogen-bond donors (Lipinski definition) is 3. The van der Waals surface area contributed by atoms with Crippen LogP contribution in [0, 0.1) is 0 Å². The number of aliphatic hydroxyl groups excluding tert-OH is 1. The number of para-hydroxylation sites is 1. The van der Waals surface area contributed by atoms with Crippen molar-refractivity contribution >= 4 is 40.8 Å². The highest BCUT2D eigenvalue weighted by atomic mass is 35.5. The fraction of sp³-hybridized carbons (Fsp3) is 0.222. The average Bonchev–Trinajstić information content (AvgIpc) is 2.65. The van der Waals surface area contributed by atoms with Gasteiger partial charge in [0.1, 0.15) is 17.3 Å². The second-order valence-corrected chi connectivity index (χ2v) is 5.29. The molecule has 1 heterocycles. The van der Waals surface area contributed by atoms with Gasteiger partial charge >= 0.3 is 0 Å². The molecule has 2 aromatic carbocycles. The third kappa shape index (κ3) is 4.44. The van der Waals surface area contributed by atoms with E-state index in [2.05, 4.69) is 20.6 Å². The van der Waals surface area contributed by atoms with E-state index in [1.807, 2.05) is 36.4 Å². The quantitative estimate of drug-likeness (QED) is 0.583. The van der Waals surface area contributed by atoms with E-state index in [9.17, 15) is 0 Å². The van der Waals surface area contributed by atoms with E-state index in [-0.39, 0.29) is 19.0 Å². The molecule has 0 amide bonds. The van der Waals surface area contributed by atoms with Gasteiger partial charge in [0.05, 0.1) is 26.3 Å². The van der Waals surface area contributed by atoms with Crippen LogP contribution in [0.2, 0.25) is 0 Å². The maximum atomic E-state index is 9.07. The molecular formula is C18H21ClN4O3. The Kier molecular flexibility index (Phi) is 6.82. The van der Waals surface area contributed by atoms with Crippen LogP contribution in [-0.4, -0.2) is 42.4 Å². The summed E-state index contributed by atoms with van der Waals surface area (Å²) in [5.74, 6) is 2.44. The molecule has 0 saturated heterocycles. The predicted octanol–water partition coefficient (Wildman–Crippen LogP) is 3.22. The minimum absolute atomic E-state index is 0. The number of methoxy groups -OCH3 is 2. The van der Waals surface area contributed by atoms with Crippen molar-refractivity contribution in [2.75, 3.05) is 38.0 Å². The summed E-state index contributed by atoms with van der Waals surface area (Å²) in [5, 5.41) is 16.3. The average molecular weight is 377 g/mol. The van der Waals surface area contributed by atoms with Crippen molar-refractivity contribution in [3.63, 3.8) is 0 Å². The molecule has 0 bridgehead atoms. The molecule has 26 heavy (non-hydrogen) atoms. The lowest BCUT2D eigenvalue weighted by molar-refractivity contribution is 0.311. The van der Waals surface area contributed by atoms with Crippen molar-refractivity contribution in [2.45, 2.75) is 0 Å². The van der Waals surface area contributed by atoms with Crippen LogP contribution in [0.1, 0.15) is 0 Å². The first kappa shape index (κ1) is 19.6. The smallest absolute Gasteiger partial charge is 0.229 e. The molecular weight excluding hydrogens is 356 g/mol. The summed E-state index contributed by atoms with van der Waals surface area (Å²) >= 11 is 0. The molecule has 0 aliphatic rings. The highest BCUT2D eigenvalue weighted by Crippen LogP contribution is 2.28. The summed E-state index contributed by atoms with van der Waals surface area (Å²) in [7, 11) is 3.20. The van der Waals surface area contributed by atoms with Gasteiger partial charge in [-0.05, 0) is 12.1 Å².